The van der Waals surface area contributed by atoms with E-state index in [9.17, 15) is 8.42 Å². The van der Waals surface area contributed by atoms with Gasteiger partial charge in [0.2, 0.25) is 10.0 Å². The predicted molar refractivity (Wildman–Crippen MR) is 69.4 cm³/mol. The zero-order chi connectivity index (χ0) is 12.9. The van der Waals surface area contributed by atoms with Gasteiger partial charge >= 0.3 is 0 Å². The maximum absolute atomic E-state index is 11.7. The molecule has 0 radical (unpaired) electrons. The van der Waals surface area contributed by atoms with Gasteiger partial charge in [0.15, 0.2) is 0 Å². The van der Waals surface area contributed by atoms with E-state index in [0.29, 0.717) is 12.2 Å². The molecule has 1 unspecified atom stereocenters. The van der Waals surface area contributed by atoms with E-state index in [0.717, 1.165) is 6.42 Å². The summed E-state index contributed by atoms with van der Waals surface area (Å²) in [4.78, 5) is 0.257. The highest BCUT2D eigenvalue weighted by Gasteiger charge is 2.15. The van der Waals surface area contributed by atoms with Gasteiger partial charge in [-0.3, -0.25) is 0 Å². The van der Waals surface area contributed by atoms with Gasteiger partial charge in [-0.2, -0.15) is 0 Å². The quantitative estimate of drug-likeness (QED) is 0.702. The molecule has 1 aromatic rings. The first-order valence-electron chi connectivity index (χ1n) is 5.49. The van der Waals surface area contributed by atoms with E-state index in [4.69, 9.17) is 5.73 Å². The Bertz CT molecular complexity index is 458. The van der Waals surface area contributed by atoms with Crippen molar-refractivity contribution < 1.29 is 8.42 Å². The summed E-state index contributed by atoms with van der Waals surface area (Å²) in [5, 5.41) is 3.09. The lowest BCUT2D eigenvalue weighted by Crippen LogP contribution is -2.22. The molecule has 0 aromatic heterocycles. The number of sulfonamides is 1. The zero-order valence-corrected chi connectivity index (χ0v) is 10.9. The summed E-state index contributed by atoms with van der Waals surface area (Å²) in [6, 6.07) is 6.89. The van der Waals surface area contributed by atoms with Crippen molar-refractivity contribution >= 4 is 15.7 Å². The molecule has 1 atom stereocenters. The molecular weight excluding hydrogens is 238 g/mol. The summed E-state index contributed by atoms with van der Waals surface area (Å²) in [7, 11) is -2.03. The second-order valence-electron chi connectivity index (χ2n) is 3.90. The molecule has 0 amide bonds. The van der Waals surface area contributed by atoms with Crippen LogP contribution in [0.25, 0.3) is 0 Å². The van der Waals surface area contributed by atoms with Crippen molar-refractivity contribution in [1.82, 2.24) is 4.72 Å². The van der Waals surface area contributed by atoms with Gasteiger partial charge in [0.05, 0.1) is 5.69 Å². The van der Waals surface area contributed by atoms with E-state index in [1.807, 2.05) is 6.92 Å². The van der Waals surface area contributed by atoms with Gasteiger partial charge in [0.1, 0.15) is 4.90 Å². The lowest BCUT2D eigenvalue weighted by atomic mass is 10.2. The molecule has 0 aliphatic carbocycles. The van der Waals surface area contributed by atoms with Crippen LogP contribution in [0, 0.1) is 0 Å². The van der Waals surface area contributed by atoms with Crippen molar-refractivity contribution in [2.75, 3.05) is 18.9 Å². The molecule has 0 spiro atoms. The fourth-order valence-corrected chi connectivity index (χ4v) is 2.30. The smallest absolute Gasteiger partial charge is 0.242 e. The monoisotopic (exact) mass is 257 g/mol. The van der Waals surface area contributed by atoms with Crippen LogP contribution in [0.4, 0.5) is 5.69 Å². The van der Waals surface area contributed by atoms with Crippen LogP contribution in [0.1, 0.15) is 13.3 Å². The van der Waals surface area contributed by atoms with Gasteiger partial charge in [-0.25, -0.2) is 13.1 Å². The summed E-state index contributed by atoms with van der Waals surface area (Å²) < 4.78 is 25.8. The molecule has 4 N–H and O–H groups in total. The number of nitrogens with two attached hydrogens (primary N) is 1. The second kappa shape index (κ2) is 6.00. The number of rotatable bonds is 6. The second-order valence-corrected chi connectivity index (χ2v) is 5.75. The zero-order valence-electron chi connectivity index (χ0n) is 10.1. The largest absolute Gasteiger partial charge is 0.384 e. The molecule has 0 aliphatic rings. The van der Waals surface area contributed by atoms with Crippen molar-refractivity contribution in [3.05, 3.63) is 24.3 Å². The molecule has 5 nitrogen and oxygen atoms in total. The molecule has 96 valence electrons. The Kier molecular flexibility index (Phi) is 4.92. The highest BCUT2D eigenvalue weighted by atomic mass is 32.2. The number of hydrogen-bond acceptors (Lipinski definition) is 4. The van der Waals surface area contributed by atoms with E-state index in [1.54, 1.807) is 24.3 Å². The van der Waals surface area contributed by atoms with E-state index < -0.39 is 10.0 Å². The average Bonchev–Trinajstić information content (AvgIpc) is 2.29. The van der Waals surface area contributed by atoms with Gasteiger partial charge in [-0.15, -0.1) is 0 Å². The number of anilines is 1. The summed E-state index contributed by atoms with van der Waals surface area (Å²) in [5.74, 6) is 0. The van der Waals surface area contributed by atoms with Crippen molar-refractivity contribution in [2.24, 2.45) is 5.73 Å². The molecule has 0 heterocycles. The SMILES string of the molecule is CNS(=O)(=O)c1ccccc1NCCC(C)N. The van der Waals surface area contributed by atoms with Crippen LogP contribution in [0.15, 0.2) is 29.2 Å². The molecule has 17 heavy (non-hydrogen) atoms. The lowest BCUT2D eigenvalue weighted by Gasteiger charge is -2.12. The van der Waals surface area contributed by atoms with Crippen LogP contribution >= 0.6 is 0 Å². The van der Waals surface area contributed by atoms with Crippen LogP contribution < -0.4 is 15.8 Å². The molecule has 0 bridgehead atoms. The first-order chi connectivity index (χ1) is 7.97. The standard InChI is InChI=1S/C11H19N3O2S/c1-9(12)7-8-14-10-5-3-4-6-11(10)17(15,16)13-2/h3-6,9,13-14H,7-8,12H2,1-2H3. The van der Waals surface area contributed by atoms with Crippen molar-refractivity contribution in [1.29, 1.82) is 0 Å². The van der Waals surface area contributed by atoms with Gasteiger partial charge in [0, 0.05) is 12.6 Å². The third-order valence-corrected chi connectivity index (χ3v) is 3.83. The number of para-hydroxylation sites is 1. The Morgan fingerprint density at radius 3 is 2.59 bits per heavy atom. The number of nitrogens with one attached hydrogen (secondary N) is 2. The summed E-state index contributed by atoms with van der Waals surface area (Å²) >= 11 is 0. The summed E-state index contributed by atoms with van der Waals surface area (Å²) in [6.07, 6.45) is 0.786. The topological polar surface area (TPSA) is 84.2 Å². The fraction of sp³-hybridized carbons (Fsp3) is 0.455. The van der Waals surface area contributed by atoms with Crippen LogP contribution in [-0.4, -0.2) is 28.1 Å². The fourth-order valence-electron chi connectivity index (χ4n) is 1.39. The third-order valence-electron chi connectivity index (χ3n) is 2.36. The van der Waals surface area contributed by atoms with Crippen LogP contribution in [0.3, 0.4) is 0 Å². The summed E-state index contributed by atoms with van der Waals surface area (Å²) in [5.41, 5.74) is 6.24. The van der Waals surface area contributed by atoms with Crippen LogP contribution in [-0.2, 0) is 10.0 Å². The Morgan fingerprint density at radius 1 is 1.35 bits per heavy atom. The Balaban J connectivity index is 2.86. The van der Waals surface area contributed by atoms with E-state index >= 15 is 0 Å². The molecule has 1 aromatic carbocycles. The molecule has 0 saturated carbocycles. The molecule has 0 fully saturated rings. The van der Waals surface area contributed by atoms with E-state index in [1.165, 1.54) is 7.05 Å². The Labute approximate surface area is 102 Å². The Morgan fingerprint density at radius 2 is 2.00 bits per heavy atom. The minimum absolute atomic E-state index is 0.0931. The van der Waals surface area contributed by atoms with Crippen LogP contribution in [0.5, 0.6) is 0 Å². The van der Waals surface area contributed by atoms with Gasteiger partial charge < -0.3 is 11.1 Å². The molecule has 1 rings (SSSR count). The van der Waals surface area contributed by atoms with E-state index in [2.05, 4.69) is 10.0 Å². The minimum atomic E-state index is -3.42. The van der Waals surface area contributed by atoms with Gasteiger partial charge in [-0.1, -0.05) is 12.1 Å². The minimum Gasteiger partial charge on any atom is -0.384 e. The normalized spacial score (nSPS) is 13.4. The third kappa shape index (κ3) is 3.99. The first kappa shape index (κ1) is 14.0. The van der Waals surface area contributed by atoms with Crippen molar-refractivity contribution in [3.63, 3.8) is 0 Å². The lowest BCUT2D eigenvalue weighted by molar-refractivity contribution is 0.588. The highest BCUT2D eigenvalue weighted by molar-refractivity contribution is 7.89. The first-order valence-corrected chi connectivity index (χ1v) is 6.97. The molecule has 6 heteroatoms. The van der Waals surface area contributed by atoms with Crippen molar-refractivity contribution in [2.45, 2.75) is 24.3 Å². The van der Waals surface area contributed by atoms with Gasteiger partial charge in [-0.05, 0) is 32.5 Å². The van der Waals surface area contributed by atoms with Crippen LogP contribution in [0.2, 0.25) is 0 Å². The maximum Gasteiger partial charge on any atom is 0.242 e. The highest BCUT2D eigenvalue weighted by Crippen LogP contribution is 2.20. The Hall–Kier alpha value is -1.11. The number of hydrogen-bond donors (Lipinski definition) is 3. The van der Waals surface area contributed by atoms with Gasteiger partial charge in [0.25, 0.3) is 0 Å². The van der Waals surface area contributed by atoms with E-state index in [-0.39, 0.29) is 10.9 Å². The molecule has 0 saturated heterocycles. The summed E-state index contributed by atoms with van der Waals surface area (Å²) in [6.45, 7) is 2.56. The maximum atomic E-state index is 11.7. The molecular formula is C11H19N3O2S. The predicted octanol–water partition coefficient (Wildman–Crippen LogP) is 0.744. The van der Waals surface area contributed by atoms with Crippen molar-refractivity contribution in [3.8, 4) is 0 Å². The average molecular weight is 257 g/mol. The number of benzene rings is 1. The molecule has 0 aliphatic heterocycles.